The molecule has 18 heavy (non-hydrogen) atoms. The van der Waals surface area contributed by atoms with E-state index in [0.717, 1.165) is 31.4 Å². The monoisotopic (exact) mass is 247 g/mol. The summed E-state index contributed by atoms with van der Waals surface area (Å²) in [6, 6.07) is 7.10. The van der Waals surface area contributed by atoms with Crippen molar-refractivity contribution >= 4 is 0 Å². The second-order valence-electron chi connectivity index (χ2n) is 5.87. The number of hydrogen-bond donors (Lipinski definition) is 1. The first-order valence-corrected chi connectivity index (χ1v) is 7.00. The van der Waals surface area contributed by atoms with Crippen molar-refractivity contribution in [3.63, 3.8) is 0 Å². The molecule has 100 valence electrons. The van der Waals surface area contributed by atoms with Crippen LogP contribution in [0.1, 0.15) is 38.1 Å². The van der Waals surface area contributed by atoms with E-state index in [1.165, 1.54) is 18.5 Å². The smallest absolute Gasteiger partial charge is 0.0547 e. The second-order valence-corrected chi connectivity index (χ2v) is 5.87. The lowest BCUT2D eigenvalue weighted by molar-refractivity contribution is 0.285. The molecule has 3 heteroatoms. The van der Waals surface area contributed by atoms with E-state index in [4.69, 9.17) is 4.98 Å². The molecule has 1 aromatic rings. The van der Waals surface area contributed by atoms with Crippen molar-refractivity contribution in [2.24, 2.45) is 5.92 Å². The van der Waals surface area contributed by atoms with Gasteiger partial charge in [-0.15, -0.1) is 0 Å². The van der Waals surface area contributed by atoms with Gasteiger partial charge < -0.3 is 10.2 Å². The molecule has 0 amide bonds. The zero-order valence-electron chi connectivity index (χ0n) is 11.8. The Kier molecular flexibility index (Phi) is 4.72. The largest absolute Gasteiger partial charge is 0.308 e. The summed E-state index contributed by atoms with van der Waals surface area (Å²) in [5, 5.41) is 3.51. The highest BCUT2D eigenvalue weighted by molar-refractivity contribution is 5.11. The fourth-order valence-electron chi connectivity index (χ4n) is 2.22. The molecule has 2 rings (SSSR count). The van der Waals surface area contributed by atoms with Crippen LogP contribution in [0.15, 0.2) is 18.2 Å². The van der Waals surface area contributed by atoms with Gasteiger partial charge in [-0.1, -0.05) is 19.9 Å². The molecule has 1 saturated carbocycles. The Bertz CT molecular complexity index is 372. The van der Waals surface area contributed by atoms with Gasteiger partial charge in [0.25, 0.3) is 0 Å². The van der Waals surface area contributed by atoms with Crippen LogP contribution in [0, 0.1) is 5.92 Å². The van der Waals surface area contributed by atoms with Crippen molar-refractivity contribution < 1.29 is 0 Å². The first-order valence-electron chi connectivity index (χ1n) is 7.00. The van der Waals surface area contributed by atoms with E-state index in [1.54, 1.807) is 0 Å². The molecule has 1 aliphatic rings. The Labute approximate surface area is 111 Å². The third-order valence-corrected chi connectivity index (χ3v) is 3.12. The lowest BCUT2D eigenvalue weighted by atomic mass is 10.2. The molecule has 1 aromatic heterocycles. The Balaban J connectivity index is 1.85. The molecule has 0 aliphatic heterocycles. The van der Waals surface area contributed by atoms with Gasteiger partial charge in [0.1, 0.15) is 0 Å². The average Bonchev–Trinajstić information content (AvgIpc) is 3.09. The summed E-state index contributed by atoms with van der Waals surface area (Å²) in [4.78, 5) is 7.05. The van der Waals surface area contributed by atoms with Crippen LogP contribution in [-0.4, -0.2) is 29.5 Å². The molecule has 0 spiro atoms. The van der Waals surface area contributed by atoms with Gasteiger partial charge in [-0.25, -0.2) is 0 Å². The van der Waals surface area contributed by atoms with Gasteiger partial charge in [0.05, 0.1) is 11.4 Å². The van der Waals surface area contributed by atoms with Crippen LogP contribution in [0.4, 0.5) is 0 Å². The van der Waals surface area contributed by atoms with Crippen molar-refractivity contribution in [3.8, 4) is 0 Å². The van der Waals surface area contributed by atoms with Crippen LogP contribution in [0.5, 0.6) is 0 Å². The third kappa shape index (κ3) is 4.75. The summed E-state index contributed by atoms with van der Waals surface area (Å²) in [5.74, 6) is 0.703. The van der Waals surface area contributed by atoms with E-state index in [2.05, 4.69) is 49.3 Å². The molecule has 0 unspecified atom stereocenters. The molecular weight excluding hydrogens is 222 g/mol. The summed E-state index contributed by atoms with van der Waals surface area (Å²) in [7, 11) is 2.16. The minimum atomic E-state index is 0.703. The average molecular weight is 247 g/mol. The van der Waals surface area contributed by atoms with Crippen molar-refractivity contribution in [2.75, 3.05) is 13.6 Å². The van der Waals surface area contributed by atoms with Gasteiger partial charge in [0.2, 0.25) is 0 Å². The lowest BCUT2D eigenvalue weighted by Gasteiger charge is -2.18. The maximum absolute atomic E-state index is 4.72. The molecule has 0 radical (unpaired) electrons. The first-order chi connectivity index (χ1) is 8.63. The van der Waals surface area contributed by atoms with Crippen molar-refractivity contribution in [3.05, 3.63) is 29.6 Å². The molecule has 1 N–H and O–H groups in total. The summed E-state index contributed by atoms with van der Waals surface area (Å²) >= 11 is 0. The molecule has 1 aliphatic carbocycles. The zero-order chi connectivity index (χ0) is 13.0. The van der Waals surface area contributed by atoms with E-state index in [0.29, 0.717) is 5.92 Å². The lowest BCUT2D eigenvalue weighted by Crippen LogP contribution is -2.23. The highest BCUT2D eigenvalue weighted by atomic mass is 15.1. The normalized spacial score (nSPS) is 15.6. The molecule has 1 heterocycles. The molecule has 3 nitrogen and oxygen atoms in total. The minimum Gasteiger partial charge on any atom is -0.308 e. The molecule has 0 bridgehead atoms. The molecule has 0 aromatic carbocycles. The number of rotatable bonds is 7. The SMILES string of the molecule is CC(C)CN(C)Cc1cccc(CNC2CC2)n1. The van der Waals surface area contributed by atoms with Crippen molar-refractivity contribution in [2.45, 2.75) is 45.8 Å². The van der Waals surface area contributed by atoms with Gasteiger partial charge in [0, 0.05) is 25.7 Å². The first kappa shape index (κ1) is 13.5. The van der Waals surface area contributed by atoms with Crippen LogP contribution in [0.25, 0.3) is 0 Å². The van der Waals surface area contributed by atoms with Gasteiger partial charge in [0.15, 0.2) is 0 Å². The van der Waals surface area contributed by atoms with Crippen LogP contribution < -0.4 is 5.32 Å². The molecule has 0 saturated heterocycles. The molecular formula is C15H25N3. The van der Waals surface area contributed by atoms with E-state index in [1.807, 2.05) is 0 Å². The number of aromatic nitrogens is 1. The topological polar surface area (TPSA) is 28.2 Å². The summed E-state index contributed by atoms with van der Waals surface area (Å²) in [6.07, 6.45) is 2.66. The third-order valence-electron chi connectivity index (χ3n) is 3.12. The van der Waals surface area contributed by atoms with Gasteiger partial charge in [-0.2, -0.15) is 0 Å². The zero-order valence-corrected chi connectivity index (χ0v) is 11.8. The number of nitrogens with zero attached hydrogens (tertiary/aromatic N) is 2. The number of hydrogen-bond acceptors (Lipinski definition) is 3. The predicted molar refractivity (Wildman–Crippen MR) is 75.3 cm³/mol. The van der Waals surface area contributed by atoms with E-state index < -0.39 is 0 Å². The molecule has 0 atom stereocenters. The molecule has 1 fully saturated rings. The van der Waals surface area contributed by atoms with Gasteiger partial charge >= 0.3 is 0 Å². The Morgan fingerprint density at radius 2 is 2.06 bits per heavy atom. The number of nitrogens with one attached hydrogen (secondary N) is 1. The Morgan fingerprint density at radius 3 is 2.72 bits per heavy atom. The second kappa shape index (κ2) is 6.30. The van der Waals surface area contributed by atoms with Crippen molar-refractivity contribution in [1.29, 1.82) is 0 Å². The van der Waals surface area contributed by atoms with E-state index in [-0.39, 0.29) is 0 Å². The Hall–Kier alpha value is -0.930. The van der Waals surface area contributed by atoms with Gasteiger partial charge in [-0.05, 0) is 37.9 Å². The van der Waals surface area contributed by atoms with Crippen LogP contribution in [-0.2, 0) is 13.1 Å². The summed E-state index contributed by atoms with van der Waals surface area (Å²) < 4.78 is 0. The predicted octanol–water partition coefficient (Wildman–Crippen LogP) is 2.42. The van der Waals surface area contributed by atoms with Crippen LogP contribution >= 0.6 is 0 Å². The maximum atomic E-state index is 4.72. The minimum absolute atomic E-state index is 0.703. The van der Waals surface area contributed by atoms with E-state index in [9.17, 15) is 0 Å². The summed E-state index contributed by atoms with van der Waals surface area (Å²) in [6.45, 7) is 7.47. The van der Waals surface area contributed by atoms with Crippen LogP contribution in [0.2, 0.25) is 0 Å². The van der Waals surface area contributed by atoms with Crippen LogP contribution in [0.3, 0.4) is 0 Å². The highest BCUT2D eigenvalue weighted by Gasteiger charge is 2.20. The van der Waals surface area contributed by atoms with Gasteiger partial charge in [-0.3, -0.25) is 4.98 Å². The quantitative estimate of drug-likeness (QED) is 0.802. The highest BCUT2D eigenvalue weighted by Crippen LogP contribution is 2.19. The maximum Gasteiger partial charge on any atom is 0.0547 e. The fraction of sp³-hybridized carbons (Fsp3) is 0.667. The van der Waals surface area contributed by atoms with Crippen molar-refractivity contribution in [1.82, 2.24) is 15.2 Å². The standard InChI is InChI=1S/C15H25N3/c1-12(2)10-18(3)11-15-6-4-5-14(17-15)9-16-13-7-8-13/h4-6,12-13,16H,7-11H2,1-3H3. The number of pyridine rings is 1. The fourth-order valence-corrected chi connectivity index (χ4v) is 2.22. The Morgan fingerprint density at radius 1 is 1.33 bits per heavy atom. The van der Waals surface area contributed by atoms with E-state index >= 15 is 0 Å². The summed E-state index contributed by atoms with van der Waals surface area (Å²) in [5.41, 5.74) is 2.34.